The van der Waals surface area contributed by atoms with Crippen molar-refractivity contribution in [2.75, 3.05) is 13.2 Å². The van der Waals surface area contributed by atoms with Crippen LogP contribution in [-0.2, 0) is 0 Å². The van der Waals surface area contributed by atoms with Crippen LogP contribution in [0.2, 0.25) is 0 Å². The fraction of sp³-hybridized carbons (Fsp3) is 0.647. The van der Waals surface area contributed by atoms with Gasteiger partial charge in [-0.15, -0.1) is 0 Å². The summed E-state index contributed by atoms with van der Waals surface area (Å²) in [5, 5.41) is 0. The first-order valence-electron chi connectivity index (χ1n) is 8.07. The van der Waals surface area contributed by atoms with Crippen molar-refractivity contribution in [2.24, 2.45) is 23.5 Å². The van der Waals surface area contributed by atoms with Gasteiger partial charge in [0, 0.05) is 16.9 Å². The number of hydrogen-bond acceptors (Lipinski definition) is 3. The van der Waals surface area contributed by atoms with Crippen molar-refractivity contribution in [3.63, 3.8) is 0 Å². The average molecular weight is 352 g/mol. The van der Waals surface area contributed by atoms with E-state index < -0.39 is 0 Å². The molecule has 1 aliphatic heterocycles. The molecule has 1 aromatic carbocycles. The number of ether oxygens (including phenoxy) is 2. The second-order valence-corrected chi connectivity index (χ2v) is 7.59. The summed E-state index contributed by atoms with van der Waals surface area (Å²) < 4.78 is 12.6. The normalized spacial score (nSPS) is 32.0. The van der Waals surface area contributed by atoms with Crippen LogP contribution >= 0.6 is 15.9 Å². The standard InChI is InChI=1S/C17H22BrNO2/c18-14-9-16-15(20-4-1-5-21-16)8-13(14)17(19)12-7-10-2-3-11(12)6-10/h8-12,17H,1-7,19H2. The van der Waals surface area contributed by atoms with Crippen LogP contribution in [0.5, 0.6) is 11.5 Å². The molecule has 21 heavy (non-hydrogen) atoms. The molecule has 0 spiro atoms. The van der Waals surface area contributed by atoms with E-state index in [0.717, 1.165) is 47.4 Å². The Morgan fingerprint density at radius 2 is 1.86 bits per heavy atom. The van der Waals surface area contributed by atoms with Crippen LogP contribution in [0.15, 0.2) is 16.6 Å². The van der Waals surface area contributed by atoms with Crippen molar-refractivity contribution in [3.05, 3.63) is 22.2 Å². The molecule has 2 saturated carbocycles. The molecule has 114 valence electrons. The van der Waals surface area contributed by atoms with Gasteiger partial charge in [0.1, 0.15) is 0 Å². The number of fused-ring (bicyclic) bond motifs is 3. The first kappa shape index (κ1) is 13.9. The van der Waals surface area contributed by atoms with Crippen molar-refractivity contribution < 1.29 is 9.47 Å². The third-order valence-corrected chi connectivity index (χ3v) is 6.17. The molecule has 3 nitrogen and oxygen atoms in total. The fourth-order valence-corrected chi connectivity index (χ4v) is 5.01. The van der Waals surface area contributed by atoms with E-state index in [0.29, 0.717) is 5.92 Å². The minimum Gasteiger partial charge on any atom is -0.490 e. The molecule has 2 fully saturated rings. The van der Waals surface area contributed by atoms with E-state index in [-0.39, 0.29) is 6.04 Å². The largest absolute Gasteiger partial charge is 0.490 e. The molecule has 4 unspecified atom stereocenters. The van der Waals surface area contributed by atoms with Gasteiger partial charge in [-0.25, -0.2) is 0 Å². The maximum atomic E-state index is 6.63. The van der Waals surface area contributed by atoms with Crippen LogP contribution in [0.25, 0.3) is 0 Å². The Labute approximate surface area is 134 Å². The summed E-state index contributed by atoms with van der Waals surface area (Å²) in [6.07, 6.45) is 6.40. The van der Waals surface area contributed by atoms with Crippen molar-refractivity contribution in [1.29, 1.82) is 0 Å². The molecule has 1 heterocycles. The van der Waals surface area contributed by atoms with Gasteiger partial charge >= 0.3 is 0 Å². The van der Waals surface area contributed by atoms with E-state index in [1.165, 1.54) is 31.2 Å². The molecule has 1 aromatic rings. The second-order valence-electron chi connectivity index (χ2n) is 6.74. The van der Waals surface area contributed by atoms with Crippen LogP contribution in [0.1, 0.15) is 43.7 Å². The van der Waals surface area contributed by atoms with Crippen LogP contribution in [-0.4, -0.2) is 13.2 Å². The summed E-state index contributed by atoms with van der Waals surface area (Å²) in [7, 11) is 0. The fourth-order valence-electron chi connectivity index (χ4n) is 4.42. The smallest absolute Gasteiger partial charge is 0.162 e. The van der Waals surface area contributed by atoms with Gasteiger partial charge < -0.3 is 15.2 Å². The maximum Gasteiger partial charge on any atom is 0.162 e. The summed E-state index contributed by atoms with van der Waals surface area (Å²) in [6, 6.07) is 4.23. The second kappa shape index (κ2) is 5.47. The lowest BCUT2D eigenvalue weighted by atomic mass is 9.81. The van der Waals surface area contributed by atoms with Crippen molar-refractivity contribution >= 4 is 15.9 Å². The first-order valence-corrected chi connectivity index (χ1v) is 8.86. The quantitative estimate of drug-likeness (QED) is 0.874. The Balaban J connectivity index is 1.63. The van der Waals surface area contributed by atoms with E-state index in [2.05, 4.69) is 22.0 Å². The van der Waals surface area contributed by atoms with Crippen LogP contribution in [0.3, 0.4) is 0 Å². The van der Waals surface area contributed by atoms with E-state index in [1.807, 2.05) is 6.07 Å². The number of halogens is 1. The number of benzene rings is 1. The van der Waals surface area contributed by atoms with Crippen molar-refractivity contribution in [2.45, 2.75) is 38.1 Å². The summed E-state index contributed by atoms with van der Waals surface area (Å²) in [4.78, 5) is 0. The Morgan fingerprint density at radius 3 is 2.52 bits per heavy atom. The first-order chi connectivity index (χ1) is 10.2. The van der Waals surface area contributed by atoms with Gasteiger partial charge in [0.2, 0.25) is 0 Å². The van der Waals surface area contributed by atoms with E-state index >= 15 is 0 Å². The van der Waals surface area contributed by atoms with Gasteiger partial charge in [-0.05, 0) is 54.7 Å². The molecular formula is C17H22BrNO2. The third kappa shape index (κ3) is 2.46. The minimum absolute atomic E-state index is 0.104. The average Bonchev–Trinajstić information content (AvgIpc) is 3.04. The molecule has 4 rings (SSSR count). The maximum absolute atomic E-state index is 6.63. The topological polar surface area (TPSA) is 44.5 Å². The highest BCUT2D eigenvalue weighted by Crippen LogP contribution is 2.53. The molecule has 0 aromatic heterocycles. The van der Waals surface area contributed by atoms with Crippen LogP contribution in [0.4, 0.5) is 0 Å². The predicted octanol–water partition coefficient (Wildman–Crippen LogP) is 4.05. The van der Waals surface area contributed by atoms with Gasteiger partial charge in [0.15, 0.2) is 11.5 Å². The molecule has 2 bridgehead atoms. The Hall–Kier alpha value is -0.740. The van der Waals surface area contributed by atoms with E-state index in [4.69, 9.17) is 15.2 Å². The molecular weight excluding hydrogens is 330 g/mol. The Kier molecular flexibility index (Phi) is 3.62. The molecule has 2 aliphatic carbocycles. The zero-order valence-electron chi connectivity index (χ0n) is 12.2. The highest BCUT2D eigenvalue weighted by atomic mass is 79.9. The molecule has 3 aliphatic rings. The molecule has 0 amide bonds. The molecule has 4 atom stereocenters. The van der Waals surface area contributed by atoms with Gasteiger partial charge in [0.05, 0.1) is 13.2 Å². The lowest BCUT2D eigenvalue weighted by Gasteiger charge is -2.29. The number of hydrogen-bond donors (Lipinski definition) is 1. The van der Waals surface area contributed by atoms with Crippen LogP contribution < -0.4 is 15.2 Å². The number of nitrogens with two attached hydrogens (primary N) is 1. The van der Waals surface area contributed by atoms with Gasteiger partial charge in [-0.2, -0.15) is 0 Å². The lowest BCUT2D eigenvalue weighted by molar-refractivity contribution is 0.282. The van der Waals surface area contributed by atoms with E-state index in [9.17, 15) is 0 Å². The van der Waals surface area contributed by atoms with E-state index in [1.54, 1.807) is 0 Å². The zero-order valence-corrected chi connectivity index (χ0v) is 13.8. The van der Waals surface area contributed by atoms with Gasteiger partial charge in [0.25, 0.3) is 0 Å². The summed E-state index contributed by atoms with van der Waals surface area (Å²) in [5.74, 6) is 4.07. The molecule has 0 saturated heterocycles. The Bertz CT molecular complexity index is 548. The van der Waals surface area contributed by atoms with Crippen molar-refractivity contribution in [1.82, 2.24) is 0 Å². The Morgan fingerprint density at radius 1 is 1.10 bits per heavy atom. The van der Waals surface area contributed by atoms with Crippen LogP contribution in [0, 0.1) is 17.8 Å². The minimum atomic E-state index is 0.104. The SMILES string of the molecule is NC(c1cc2c(cc1Br)OCCCO2)C1CC2CCC1C2. The monoisotopic (exact) mass is 351 g/mol. The molecule has 0 radical (unpaired) electrons. The summed E-state index contributed by atoms with van der Waals surface area (Å²) >= 11 is 3.69. The summed E-state index contributed by atoms with van der Waals surface area (Å²) in [5.41, 5.74) is 7.81. The van der Waals surface area contributed by atoms with Gasteiger partial charge in [-0.1, -0.05) is 22.4 Å². The highest BCUT2D eigenvalue weighted by molar-refractivity contribution is 9.10. The highest BCUT2D eigenvalue weighted by Gasteiger charge is 2.42. The third-order valence-electron chi connectivity index (χ3n) is 5.48. The zero-order chi connectivity index (χ0) is 14.4. The number of rotatable bonds is 2. The van der Waals surface area contributed by atoms with Crippen molar-refractivity contribution in [3.8, 4) is 11.5 Å². The predicted molar refractivity (Wildman–Crippen MR) is 85.6 cm³/mol. The summed E-state index contributed by atoms with van der Waals surface area (Å²) in [6.45, 7) is 1.44. The van der Waals surface area contributed by atoms with Gasteiger partial charge in [-0.3, -0.25) is 0 Å². The molecule has 4 heteroatoms. The molecule has 2 N–H and O–H groups in total. The lowest BCUT2D eigenvalue weighted by Crippen LogP contribution is -2.26.